The molecular formula is C10H8FNO2. The van der Waals surface area contributed by atoms with Crippen LogP contribution >= 0.6 is 0 Å². The summed E-state index contributed by atoms with van der Waals surface area (Å²) >= 11 is 0. The van der Waals surface area contributed by atoms with Crippen molar-refractivity contribution in [3.8, 4) is 11.8 Å². The van der Waals surface area contributed by atoms with Crippen molar-refractivity contribution < 1.29 is 13.9 Å². The highest BCUT2D eigenvalue weighted by Gasteiger charge is 1.94. The van der Waals surface area contributed by atoms with Crippen molar-refractivity contribution in [2.24, 2.45) is 0 Å². The van der Waals surface area contributed by atoms with Gasteiger partial charge in [0.05, 0.1) is 6.61 Å². The molecular weight excluding hydrogens is 185 g/mol. The molecule has 0 unspecified atom stereocenters. The minimum Gasteiger partial charge on any atom is -0.456 e. The zero-order valence-electron chi connectivity index (χ0n) is 7.58. The van der Waals surface area contributed by atoms with Gasteiger partial charge in [0.1, 0.15) is 5.69 Å². The molecule has 0 bridgehead atoms. The quantitative estimate of drug-likeness (QED) is 0.381. The molecule has 14 heavy (non-hydrogen) atoms. The van der Waals surface area contributed by atoms with Crippen LogP contribution < -0.4 is 0 Å². The lowest BCUT2D eigenvalue weighted by atomic mass is 10.3. The Kier molecular flexibility index (Phi) is 3.62. The molecule has 4 heteroatoms. The molecule has 0 spiro atoms. The summed E-state index contributed by atoms with van der Waals surface area (Å²) in [7, 11) is 0. The third-order valence-corrected chi connectivity index (χ3v) is 1.28. The predicted molar refractivity (Wildman–Crippen MR) is 47.7 cm³/mol. The smallest absolute Gasteiger partial charge is 0.384 e. The minimum absolute atomic E-state index is 0.207. The van der Waals surface area contributed by atoms with Crippen LogP contribution in [0.4, 0.5) is 4.39 Å². The molecule has 0 atom stereocenters. The van der Waals surface area contributed by atoms with E-state index in [0.29, 0.717) is 0 Å². The van der Waals surface area contributed by atoms with E-state index in [4.69, 9.17) is 0 Å². The van der Waals surface area contributed by atoms with Crippen LogP contribution in [0, 0.1) is 17.8 Å². The van der Waals surface area contributed by atoms with Gasteiger partial charge >= 0.3 is 5.97 Å². The fourth-order valence-corrected chi connectivity index (χ4v) is 0.760. The summed E-state index contributed by atoms with van der Waals surface area (Å²) in [5, 5.41) is 0. The van der Waals surface area contributed by atoms with E-state index >= 15 is 0 Å². The molecule has 1 aromatic rings. The molecule has 0 amide bonds. The van der Waals surface area contributed by atoms with Gasteiger partial charge in [-0.05, 0) is 25.0 Å². The highest BCUT2D eigenvalue weighted by molar-refractivity contribution is 5.88. The molecule has 0 N–H and O–H groups in total. The van der Waals surface area contributed by atoms with Crippen LogP contribution in [0.15, 0.2) is 18.2 Å². The van der Waals surface area contributed by atoms with Gasteiger partial charge in [-0.1, -0.05) is 6.07 Å². The molecule has 0 fully saturated rings. The largest absolute Gasteiger partial charge is 0.456 e. The number of esters is 1. The average Bonchev–Trinajstić information content (AvgIpc) is 2.15. The first-order chi connectivity index (χ1) is 6.72. The fourth-order valence-electron chi connectivity index (χ4n) is 0.760. The van der Waals surface area contributed by atoms with E-state index in [9.17, 15) is 9.18 Å². The Hall–Kier alpha value is -1.89. The van der Waals surface area contributed by atoms with Gasteiger partial charge in [0.15, 0.2) is 0 Å². The van der Waals surface area contributed by atoms with E-state index in [2.05, 4.69) is 21.6 Å². The third kappa shape index (κ3) is 3.23. The molecule has 0 aromatic carbocycles. The first-order valence-electron chi connectivity index (χ1n) is 4.03. The van der Waals surface area contributed by atoms with Crippen molar-refractivity contribution in [2.45, 2.75) is 6.92 Å². The van der Waals surface area contributed by atoms with E-state index in [1.807, 2.05) is 0 Å². The van der Waals surface area contributed by atoms with Crippen LogP contribution in [0.5, 0.6) is 0 Å². The summed E-state index contributed by atoms with van der Waals surface area (Å²) in [5.41, 5.74) is 0.207. The van der Waals surface area contributed by atoms with Gasteiger partial charge in [0.25, 0.3) is 0 Å². The highest BCUT2D eigenvalue weighted by Crippen LogP contribution is 1.95. The van der Waals surface area contributed by atoms with Gasteiger partial charge < -0.3 is 4.74 Å². The standard InChI is InChI=1S/C10H8FNO2/c1-2-14-10(13)7-6-8-4-3-5-9(11)12-8/h3-5H,2H2,1H3. The number of ether oxygens (including phenoxy) is 1. The second kappa shape index (κ2) is 4.97. The Bertz CT molecular complexity index is 393. The maximum Gasteiger partial charge on any atom is 0.384 e. The Morgan fingerprint density at radius 2 is 2.43 bits per heavy atom. The lowest BCUT2D eigenvalue weighted by Crippen LogP contribution is -1.99. The number of rotatable bonds is 1. The second-order valence-corrected chi connectivity index (χ2v) is 2.32. The zero-order chi connectivity index (χ0) is 10.4. The van der Waals surface area contributed by atoms with Crippen molar-refractivity contribution in [2.75, 3.05) is 6.61 Å². The number of hydrogen-bond donors (Lipinski definition) is 0. The molecule has 0 radical (unpaired) electrons. The summed E-state index contributed by atoms with van der Waals surface area (Å²) in [5.74, 6) is 3.32. The van der Waals surface area contributed by atoms with Crippen LogP contribution in [0.2, 0.25) is 0 Å². The van der Waals surface area contributed by atoms with E-state index in [1.165, 1.54) is 18.2 Å². The number of carbonyl (C=O) groups excluding carboxylic acids is 1. The molecule has 1 aromatic heterocycles. The highest BCUT2D eigenvalue weighted by atomic mass is 19.1. The Labute approximate surface area is 80.9 Å². The Balaban J connectivity index is 2.72. The summed E-state index contributed by atoms with van der Waals surface area (Å²) in [4.78, 5) is 14.2. The fraction of sp³-hybridized carbons (Fsp3) is 0.200. The summed E-state index contributed by atoms with van der Waals surface area (Å²) in [6.07, 6.45) is 0. The number of aromatic nitrogens is 1. The number of nitrogens with zero attached hydrogens (tertiary/aromatic N) is 1. The van der Waals surface area contributed by atoms with Crippen LogP contribution in [0.25, 0.3) is 0 Å². The van der Waals surface area contributed by atoms with Gasteiger partial charge in [-0.3, -0.25) is 0 Å². The van der Waals surface area contributed by atoms with Gasteiger partial charge in [0, 0.05) is 5.92 Å². The monoisotopic (exact) mass is 193 g/mol. The lowest BCUT2D eigenvalue weighted by molar-refractivity contribution is -0.136. The van der Waals surface area contributed by atoms with Crippen molar-refractivity contribution >= 4 is 5.97 Å². The predicted octanol–water partition coefficient (Wildman–Crippen LogP) is 1.14. The van der Waals surface area contributed by atoms with Crippen LogP contribution in [-0.4, -0.2) is 17.6 Å². The van der Waals surface area contributed by atoms with Gasteiger partial charge in [-0.25, -0.2) is 9.78 Å². The summed E-state index contributed by atoms with van der Waals surface area (Å²) < 4.78 is 17.1. The second-order valence-electron chi connectivity index (χ2n) is 2.32. The van der Waals surface area contributed by atoms with Gasteiger partial charge in [-0.2, -0.15) is 4.39 Å². The number of pyridine rings is 1. The number of halogens is 1. The Morgan fingerprint density at radius 1 is 1.64 bits per heavy atom. The molecule has 1 rings (SSSR count). The number of hydrogen-bond acceptors (Lipinski definition) is 3. The maximum atomic E-state index is 12.5. The maximum absolute atomic E-state index is 12.5. The van der Waals surface area contributed by atoms with Crippen molar-refractivity contribution in [3.63, 3.8) is 0 Å². The number of carbonyl (C=O) groups is 1. The van der Waals surface area contributed by atoms with Crippen molar-refractivity contribution in [3.05, 3.63) is 29.8 Å². The summed E-state index contributed by atoms with van der Waals surface area (Å²) in [6, 6.07) is 4.18. The van der Waals surface area contributed by atoms with Crippen molar-refractivity contribution in [1.29, 1.82) is 0 Å². The van der Waals surface area contributed by atoms with E-state index in [-0.39, 0.29) is 12.3 Å². The SMILES string of the molecule is CCOC(=O)C#Cc1cccc(F)n1. The first-order valence-corrected chi connectivity index (χ1v) is 4.03. The van der Waals surface area contributed by atoms with Gasteiger partial charge in [-0.15, -0.1) is 0 Å². The molecule has 0 saturated carbocycles. The topological polar surface area (TPSA) is 39.2 Å². The summed E-state index contributed by atoms with van der Waals surface area (Å²) in [6.45, 7) is 1.95. The average molecular weight is 193 g/mol. The molecule has 0 aliphatic carbocycles. The normalized spacial score (nSPS) is 8.71. The third-order valence-electron chi connectivity index (χ3n) is 1.28. The van der Waals surface area contributed by atoms with Crippen molar-refractivity contribution in [1.82, 2.24) is 4.98 Å². The molecule has 0 saturated heterocycles. The Morgan fingerprint density at radius 3 is 3.07 bits per heavy atom. The van der Waals surface area contributed by atoms with E-state index in [1.54, 1.807) is 6.92 Å². The molecule has 3 nitrogen and oxygen atoms in total. The zero-order valence-corrected chi connectivity index (χ0v) is 7.58. The molecule has 0 aliphatic rings. The van der Waals surface area contributed by atoms with E-state index in [0.717, 1.165) is 0 Å². The van der Waals surface area contributed by atoms with Crippen LogP contribution in [0.1, 0.15) is 12.6 Å². The van der Waals surface area contributed by atoms with E-state index < -0.39 is 11.9 Å². The lowest BCUT2D eigenvalue weighted by Gasteiger charge is -1.91. The van der Waals surface area contributed by atoms with Crippen LogP contribution in [-0.2, 0) is 9.53 Å². The molecule has 1 heterocycles. The van der Waals surface area contributed by atoms with Gasteiger partial charge in [0.2, 0.25) is 5.95 Å². The molecule has 72 valence electrons. The first kappa shape index (κ1) is 10.2. The van der Waals surface area contributed by atoms with Crippen LogP contribution in [0.3, 0.4) is 0 Å². The minimum atomic E-state index is -0.640. The molecule has 0 aliphatic heterocycles.